The first kappa shape index (κ1) is 11.4. The predicted molar refractivity (Wildman–Crippen MR) is 65.1 cm³/mol. The van der Waals surface area contributed by atoms with Crippen molar-refractivity contribution in [1.29, 1.82) is 0 Å². The van der Waals surface area contributed by atoms with Crippen molar-refractivity contribution in [2.24, 2.45) is 5.92 Å². The van der Waals surface area contributed by atoms with Crippen LogP contribution in [0.4, 0.5) is 0 Å². The van der Waals surface area contributed by atoms with Gasteiger partial charge in [0.15, 0.2) is 0 Å². The van der Waals surface area contributed by atoms with Gasteiger partial charge in [0.2, 0.25) is 5.91 Å². The second kappa shape index (κ2) is 5.85. The molecular formula is C13H20N2O. The molecule has 1 amide bonds. The van der Waals surface area contributed by atoms with E-state index in [0.717, 1.165) is 45.3 Å². The molecule has 16 heavy (non-hydrogen) atoms. The third kappa shape index (κ3) is 3.20. The number of hydrogen-bond donors (Lipinski definition) is 2. The average Bonchev–Trinajstić information content (AvgIpc) is 2.84. The first-order valence-corrected chi connectivity index (χ1v) is 6.17. The van der Waals surface area contributed by atoms with Crippen LogP contribution < -0.4 is 10.6 Å². The van der Waals surface area contributed by atoms with Crippen LogP contribution in [0.25, 0.3) is 0 Å². The van der Waals surface area contributed by atoms with Crippen LogP contribution in [-0.4, -0.2) is 25.5 Å². The highest BCUT2D eigenvalue weighted by Gasteiger charge is 2.18. The molecule has 0 radical (unpaired) electrons. The third-order valence-electron chi connectivity index (χ3n) is 3.28. The lowest BCUT2D eigenvalue weighted by Gasteiger charge is -2.15. The highest BCUT2D eigenvalue weighted by atomic mass is 16.1. The Labute approximate surface area is 97.0 Å². The maximum absolute atomic E-state index is 11.7. The molecule has 88 valence electrons. The number of carbonyl (C=O) groups excluding carboxylic acids is 1. The number of nitrogens with one attached hydrogen (secondary N) is 2. The molecule has 1 aliphatic carbocycles. The second-order valence-corrected chi connectivity index (χ2v) is 4.50. The highest BCUT2D eigenvalue weighted by molar-refractivity contribution is 5.79. The van der Waals surface area contributed by atoms with E-state index in [1.807, 2.05) is 0 Å². The molecule has 0 spiro atoms. The average molecular weight is 220 g/mol. The van der Waals surface area contributed by atoms with Gasteiger partial charge in [-0.2, -0.15) is 0 Å². The van der Waals surface area contributed by atoms with E-state index in [-0.39, 0.29) is 11.8 Å². The van der Waals surface area contributed by atoms with E-state index < -0.39 is 0 Å². The van der Waals surface area contributed by atoms with Crippen LogP contribution in [0.2, 0.25) is 0 Å². The van der Waals surface area contributed by atoms with Gasteiger partial charge in [-0.05, 0) is 32.2 Å². The van der Waals surface area contributed by atoms with Gasteiger partial charge in [0.1, 0.15) is 0 Å². The number of amides is 1. The van der Waals surface area contributed by atoms with E-state index >= 15 is 0 Å². The van der Waals surface area contributed by atoms with Gasteiger partial charge in [0.05, 0.1) is 0 Å². The molecule has 1 aliphatic heterocycles. The van der Waals surface area contributed by atoms with Crippen LogP contribution in [0, 0.1) is 5.92 Å². The van der Waals surface area contributed by atoms with Gasteiger partial charge in [-0.15, -0.1) is 0 Å². The molecule has 0 fully saturated rings. The van der Waals surface area contributed by atoms with E-state index in [1.165, 1.54) is 5.57 Å². The van der Waals surface area contributed by atoms with Crippen molar-refractivity contribution in [2.45, 2.75) is 25.7 Å². The molecule has 0 saturated carbocycles. The number of hydrogen-bond acceptors (Lipinski definition) is 2. The Morgan fingerprint density at radius 2 is 2.25 bits per heavy atom. The van der Waals surface area contributed by atoms with E-state index in [2.05, 4.69) is 28.9 Å². The highest BCUT2D eigenvalue weighted by Crippen LogP contribution is 2.17. The zero-order valence-electron chi connectivity index (χ0n) is 9.67. The van der Waals surface area contributed by atoms with Crippen LogP contribution >= 0.6 is 0 Å². The summed E-state index contributed by atoms with van der Waals surface area (Å²) in [5, 5.41) is 6.32. The topological polar surface area (TPSA) is 41.1 Å². The molecule has 3 heteroatoms. The van der Waals surface area contributed by atoms with Gasteiger partial charge >= 0.3 is 0 Å². The minimum absolute atomic E-state index is 0.196. The number of carbonyl (C=O) groups is 1. The monoisotopic (exact) mass is 220 g/mol. The van der Waals surface area contributed by atoms with E-state index in [0.29, 0.717) is 0 Å². The maximum Gasteiger partial charge on any atom is 0.223 e. The summed E-state index contributed by atoms with van der Waals surface area (Å²) in [6, 6.07) is 0. The fraction of sp³-hybridized carbons (Fsp3) is 0.615. The fourth-order valence-electron chi connectivity index (χ4n) is 2.22. The molecule has 0 aromatic heterocycles. The van der Waals surface area contributed by atoms with Gasteiger partial charge in [-0.25, -0.2) is 0 Å². The quantitative estimate of drug-likeness (QED) is 0.703. The third-order valence-corrected chi connectivity index (χ3v) is 3.28. The summed E-state index contributed by atoms with van der Waals surface area (Å²) in [4.78, 5) is 11.7. The van der Waals surface area contributed by atoms with Crippen LogP contribution in [0.1, 0.15) is 25.7 Å². The summed E-state index contributed by atoms with van der Waals surface area (Å²) in [7, 11) is 0. The Balaban J connectivity index is 1.63. The predicted octanol–water partition coefficient (Wildman–Crippen LogP) is 1.38. The minimum atomic E-state index is 0.196. The van der Waals surface area contributed by atoms with Crippen molar-refractivity contribution in [3.63, 3.8) is 0 Å². The van der Waals surface area contributed by atoms with Crippen molar-refractivity contribution >= 4 is 5.91 Å². The van der Waals surface area contributed by atoms with Crippen molar-refractivity contribution < 1.29 is 4.79 Å². The molecule has 0 aromatic rings. The summed E-state index contributed by atoms with van der Waals surface area (Å²) < 4.78 is 0. The first-order valence-electron chi connectivity index (χ1n) is 6.17. The molecule has 0 atom stereocenters. The second-order valence-electron chi connectivity index (χ2n) is 4.50. The Hall–Kier alpha value is -1.09. The standard InChI is InChI=1S/C13H20N2O/c16-13(12-3-1-2-4-12)15-10-7-11-5-8-14-9-6-11/h1-2,5,12,14H,3-4,6-10H2,(H,15,16). The molecule has 2 N–H and O–H groups in total. The van der Waals surface area contributed by atoms with Crippen molar-refractivity contribution in [2.75, 3.05) is 19.6 Å². The molecule has 3 nitrogen and oxygen atoms in total. The van der Waals surface area contributed by atoms with Crippen LogP contribution in [-0.2, 0) is 4.79 Å². The first-order chi connectivity index (χ1) is 7.86. The molecule has 0 saturated heterocycles. The maximum atomic E-state index is 11.7. The van der Waals surface area contributed by atoms with Crippen molar-refractivity contribution in [1.82, 2.24) is 10.6 Å². The Kier molecular flexibility index (Phi) is 4.17. The lowest BCUT2D eigenvalue weighted by Crippen LogP contribution is -2.31. The van der Waals surface area contributed by atoms with Crippen LogP contribution in [0.3, 0.4) is 0 Å². The Bertz CT molecular complexity index is 299. The Morgan fingerprint density at radius 3 is 2.94 bits per heavy atom. The lowest BCUT2D eigenvalue weighted by atomic mass is 10.0. The zero-order valence-corrected chi connectivity index (χ0v) is 9.67. The van der Waals surface area contributed by atoms with E-state index in [4.69, 9.17) is 0 Å². The van der Waals surface area contributed by atoms with Crippen LogP contribution in [0.5, 0.6) is 0 Å². The number of allylic oxidation sites excluding steroid dienone is 2. The SMILES string of the molecule is O=C(NCCC1=CCNCC1)C1CC=CC1. The van der Waals surface area contributed by atoms with Gasteiger partial charge < -0.3 is 10.6 Å². The molecule has 1 heterocycles. The normalized spacial score (nSPS) is 20.9. The summed E-state index contributed by atoms with van der Waals surface area (Å²) in [5.41, 5.74) is 1.48. The Morgan fingerprint density at radius 1 is 1.44 bits per heavy atom. The summed E-state index contributed by atoms with van der Waals surface area (Å²) in [6.45, 7) is 2.85. The smallest absolute Gasteiger partial charge is 0.223 e. The molecule has 0 aromatic carbocycles. The van der Waals surface area contributed by atoms with E-state index in [1.54, 1.807) is 0 Å². The summed E-state index contributed by atoms with van der Waals surface area (Å²) in [5.74, 6) is 0.418. The van der Waals surface area contributed by atoms with Gasteiger partial charge in [-0.3, -0.25) is 4.79 Å². The largest absolute Gasteiger partial charge is 0.356 e. The van der Waals surface area contributed by atoms with Gasteiger partial charge in [-0.1, -0.05) is 23.8 Å². The van der Waals surface area contributed by atoms with Crippen molar-refractivity contribution in [3.05, 3.63) is 23.8 Å². The number of rotatable bonds is 4. The van der Waals surface area contributed by atoms with Gasteiger partial charge in [0.25, 0.3) is 0 Å². The minimum Gasteiger partial charge on any atom is -0.356 e. The summed E-state index contributed by atoms with van der Waals surface area (Å²) in [6.07, 6.45) is 10.4. The van der Waals surface area contributed by atoms with E-state index in [9.17, 15) is 4.79 Å². The lowest BCUT2D eigenvalue weighted by molar-refractivity contribution is -0.124. The zero-order chi connectivity index (χ0) is 11.2. The van der Waals surface area contributed by atoms with Gasteiger partial charge in [0, 0.05) is 19.0 Å². The van der Waals surface area contributed by atoms with Crippen molar-refractivity contribution in [3.8, 4) is 0 Å². The van der Waals surface area contributed by atoms with Crippen LogP contribution in [0.15, 0.2) is 23.8 Å². The fourth-order valence-corrected chi connectivity index (χ4v) is 2.22. The summed E-state index contributed by atoms with van der Waals surface area (Å²) >= 11 is 0. The molecule has 0 bridgehead atoms. The molecular weight excluding hydrogens is 200 g/mol. The molecule has 2 rings (SSSR count). The molecule has 2 aliphatic rings. The molecule has 0 unspecified atom stereocenters.